The number of nitrogens with one attached hydrogen (secondary N) is 2. The van der Waals surface area contributed by atoms with E-state index < -0.39 is 0 Å². The van der Waals surface area contributed by atoms with Crippen molar-refractivity contribution < 1.29 is 0 Å². The van der Waals surface area contributed by atoms with Crippen molar-refractivity contribution in [3.05, 3.63) is 34.0 Å². The van der Waals surface area contributed by atoms with Crippen LogP contribution in [0.2, 0.25) is 0 Å². The summed E-state index contributed by atoms with van der Waals surface area (Å²) < 4.78 is 1.96. The minimum absolute atomic E-state index is 0.705. The third kappa shape index (κ3) is 5.18. The molecule has 21 heavy (non-hydrogen) atoms. The third-order valence-corrected chi connectivity index (χ3v) is 3.83. The fourth-order valence-electron chi connectivity index (χ4n) is 1.90. The van der Waals surface area contributed by atoms with E-state index in [4.69, 9.17) is 0 Å². The Hall–Kier alpha value is -1.89. The summed E-state index contributed by atoms with van der Waals surface area (Å²) in [6.45, 7) is 6.58. The molecule has 0 saturated heterocycles. The second-order valence-corrected chi connectivity index (χ2v) is 6.17. The highest BCUT2D eigenvalue weighted by Crippen LogP contribution is 2.10. The van der Waals surface area contributed by atoms with E-state index in [2.05, 4.69) is 38.8 Å². The minimum Gasteiger partial charge on any atom is -0.356 e. The van der Waals surface area contributed by atoms with E-state index in [0.717, 1.165) is 30.5 Å². The van der Waals surface area contributed by atoms with Crippen LogP contribution < -0.4 is 10.6 Å². The summed E-state index contributed by atoms with van der Waals surface area (Å²) in [5.74, 6) is 0.805. The Balaban J connectivity index is 1.65. The van der Waals surface area contributed by atoms with Gasteiger partial charge in [-0.05, 0) is 25.8 Å². The molecule has 0 saturated carbocycles. The molecule has 7 heteroatoms. The van der Waals surface area contributed by atoms with Crippen LogP contribution in [0.25, 0.3) is 0 Å². The molecule has 0 radical (unpaired) electrons. The van der Waals surface area contributed by atoms with Gasteiger partial charge in [0.1, 0.15) is 5.01 Å². The minimum atomic E-state index is 0.705. The maximum atomic E-state index is 4.32. The van der Waals surface area contributed by atoms with E-state index >= 15 is 0 Å². The quantitative estimate of drug-likeness (QED) is 0.484. The lowest BCUT2D eigenvalue weighted by molar-refractivity contribution is 0.570. The molecular formula is C14H22N6S. The van der Waals surface area contributed by atoms with Gasteiger partial charge in [-0.15, -0.1) is 11.3 Å². The van der Waals surface area contributed by atoms with E-state index in [-0.39, 0.29) is 0 Å². The summed E-state index contributed by atoms with van der Waals surface area (Å²) in [7, 11) is 1.78. The van der Waals surface area contributed by atoms with Gasteiger partial charge < -0.3 is 10.6 Å². The normalized spacial score (nSPS) is 11.7. The molecule has 2 rings (SSSR count). The molecular weight excluding hydrogens is 284 g/mol. The van der Waals surface area contributed by atoms with Gasteiger partial charge in [0, 0.05) is 37.4 Å². The second-order valence-electron chi connectivity index (χ2n) is 4.85. The predicted molar refractivity (Wildman–Crippen MR) is 86.6 cm³/mol. The molecule has 0 unspecified atom stereocenters. The first-order valence-electron chi connectivity index (χ1n) is 7.02. The number of hydrogen-bond donors (Lipinski definition) is 2. The van der Waals surface area contributed by atoms with Crippen molar-refractivity contribution in [1.29, 1.82) is 0 Å². The van der Waals surface area contributed by atoms with E-state index in [1.807, 2.05) is 24.0 Å². The van der Waals surface area contributed by atoms with E-state index in [1.54, 1.807) is 18.4 Å². The number of aromatic nitrogens is 3. The van der Waals surface area contributed by atoms with Gasteiger partial charge in [0.2, 0.25) is 0 Å². The topological polar surface area (TPSA) is 67.1 Å². The largest absolute Gasteiger partial charge is 0.356 e. The van der Waals surface area contributed by atoms with Crippen molar-refractivity contribution in [2.75, 3.05) is 13.6 Å². The Morgan fingerprint density at radius 1 is 1.33 bits per heavy atom. The van der Waals surface area contributed by atoms with Crippen LogP contribution in [0.4, 0.5) is 0 Å². The Morgan fingerprint density at radius 3 is 2.81 bits per heavy atom. The second kappa shape index (κ2) is 7.78. The molecule has 0 atom stereocenters. The molecule has 2 aromatic heterocycles. The van der Waals surface area contributed by atoms with Crippen LogP contribution in [0.3, 0.4) is 0 Å². The molecule has 2 aromatic rings. The van der Waals surface area contributed by atoms with Crippen LogP contribution in [-0.2, 0) is 13.1 Å². The zero-order valence-electron chi connectivity index (χ0n) is 12.8. The first-order chi connectivity index (χ1) is 10.2. The molecule has 6 nitrogen and oxygen atoms in total. The average molecular weight is 306 g/mol. The van der Waals surface area contributed by atoms with E-state index in [9.17, 15) is 0 Å². The van der Waals surface area contributed by atoms with Crippen LogP contribution in [0.1, 0.15) is 21.9 Å². The smallest absolute Gasteiger partial charge is 0.191 e. The van der Waals surface area contributed by atoms with Gasteiger partial charge in [0.15, 0.2) is 5.96 Å². The number of aryl methyl sites for hydroxylation is 3. The summed E-state index contributed by atoms with van der Waals surface area (Å²) in [6.07, 6.45) is 6.82. The van der Waals surface area contributed by atoms with Crippen molar-refractivity contribution in [2.24, 2.45) is 4.99 Å². The first kappa shape index (κ1) is 15.5. The van der Waals surface area contributed by atoms with Crippen LogP contribution >= 0.6 is 11.3 Å². The van der Waals surface area contributed by atoms with Crippen molar-refractivity contribution in [1.82, 2.24) is 25.4 Å². The van der Waals surface area contributed by atoms with Crippen LogP contribution in [0.15, 0.2) is 23.6 Å². The van der Waals surface area contributed by atoms with Gasteiger partial charge in [-0.2, -0.15) is 5.10 Å². The maximum Gasteiger partial charge on any atom is 0.191 e. The molecule has 0 aliphatic carbocycles. The van der Waals surface area contributed by atoms with Crippen molar-refractivity contribution in [3.8, 4) is 0 Å². The first-order valence-corrected chi connectivity index (χ1v) is 7.84. The fourth-order valence-corrected chi connectivity index (χ4v) is 2.63. The van der Waals surface area contributed by atoms with Crippen molar-refractivity contribution in [2.45, 2.75) is 33.4 Å². The highest BCUT2D eigenvalue weighted by atomic mass is 32.1. The Kier molecular flexibility index (Phi) is 5.74. The SMILES string of the molecule is CN=C(NCCCn1cc(C)cn1)NCc1ncc(C)s1. The summed E-state index contributed by atoms with van der Waals surface area (Å²) in [5.41, 5.74) is 1.19. The van der Waals surface area contributed by atoms with Gasteiger partial charge in [-0.1, -0.05) is 0 Å². The lowest BCUT2D eigenvalue weighted by Crippen LogP contribution is -2.37. The highest BCUT2D eigenvalue weighted by Gasteiger charge is 2.01. The molecule has 114 valence electrons. The number of nitrogens with zero attached hydrogens (tertiary/aromatic N) is 4. The van der Waals surface area contributed by atoms with Crippen molar-refractivity contribution in [3.63, 3.8) is 0 Å². The molecule has 0 aliphatic rings. The molecule has 0 amide bonds. The Labute approximate surface area is 129 Å². The number of rotatable bonds is 6. The lowest BCUT2D eigenvalue weighted by atomic mass is 10.4. The molecule has 0 spiro atoms. The van der Waals surface area contributed by atoms with Gasteiger partial charge >= 0.3 is 0 Å². The number of aliphatic imine (C=N–C) groups is 1. The van der Waals surface area contributed by atoms with Crippen LogP contribution in [0, 0.1) is 13.8 Å². The standard InChI is InChI=1S/C14H22N6S/c1-11-7-19-20(10-11)6-4-5-16-14(15-3)18-9-13-17-8-12(2)21-13/h7-8,10H,4-6,9H2,1-3H3,(H2,15,16,18). The predicted octanol–water partition coefficient (Wildman–Crippen LogP) is 1.71. The van der Waals surface area contributed by atoms with Crippen molar-refractivity contribution >= 4 is 17.3 Å². The van der Waals surface area contributed by atoms with Gasteiger partial charge in [-0.3, -0.25) is 9.67 Å². The number of hydrogen-bond acceptors (Lipinski definition) is 4. The van der Waals surface area contributed by atoms with E-state index in [1.165, 1.54) is 10.4 Å². The molecule has 2 N–H and O–H groups in total. The van der Waals surface area contributed by atoms with Gasteiger partial charge in [0.25, 0.3) is 0 Å². The molecule has 0 bridgehead atoms. The van der Waals surface area contributed by atoms with Crippen LogP contribution in [-0.4, -0.2) is 34.3 Å². The monoisotopic (exact) mass is 306 g/mol. The Morgan fingerprint density at radius 2 is 2.19 bits per heavy atom. The highest BCUT2D eigenvalue weighted by molar-refractivity contribution is 7.11. The molecule has 0 aliphatic heterocycles. The third-order valence-electron chi connectivity index (χ3n) is 2.92. The average Bonchev–Trinajstić information content (AvgIpc) is 3.07. The zero-order chi connectivity index (χ0) is 15.1. The number of thiazole rings is 1. The van der Waals surface area contributed by atoms with Gasteiger partial charge in [0.05, 0.1) is 12.7 Å². The molecule has 2 heterocycles. The summed E-state index contributed by atoms with van der Waals surface area (Å²) in [4.78, 5) is 9.76. The Bertz CT molecular complexity index is 586. The summed E-state index contributed by atoms with van der Waals surface area (Å²) >= 11 is 1.70. The molecule has 0 aromatic carbocycles. The lowest BCUT2D eigenvalue weighted by Gasteiger charge is -2.10. The van der Waals surface area contributed by atoms with E-state index in [0.29, 0.717) is 6.54 Å². The zero-order valence-corrected chi connectivity index (χ0v) is 13.6. The molecule has 0 fully saturated rings. The maximum absolute atomic E-state index is 4.32. The number of guanidine groups is 1. The fraction of sp³-hybridized carbons (Fsp3) is 0.500. The summed E-state index contributed by atoms with van der Waals surface area (Å²) in [6, 6.07) is 0. The van der Waals surface area contributed by atoms with Crippen LogP contribution in [0.5, 0.6) is 0 Å². The van der Waals surface area contributed by atoms with Gasteiger partial charge in [-0.25, -0.2) is 4.98 Å². The summed E-state index contributed by atoms with van der Waals surface area (Å²) in [5, 5.41) is 11.9.